The molecule has 2 aromatic heterocycles. The number of rotatable bonds is 8. The molecule has 0 bridgehead atoms. The number of likely N-dealkylation sites (tertiary alicyclic amines) is 2. The molecule has 3 aromatic rings. The van der Waals surface area contributed by atoms with Gasteiger partial charge in [0.15, 0.2) is 0 Å². The van der Waals surface area contributed by atoms with Crippen molar-refractivity contribution in [3.63, 3.8) is 0 Å². The van der Waals surface area contributed by atoms with Crippen molar-refractivity contribution in [2.45, 2.75) is 51.0 Å². The van der Waals surface area contributed by atoms with Crippen LogP contribution in [0.3, 0.4) is 0 Å². The number of benzene rings is 1. The fourth-order valence-electron chi connectivity index (χ4n) is 4.83. The first-order chi connectivity index (χ1) is 18.5. The van der Waals surface area contributed by atoms with E-state index >= 15 is 0 Å². The van der Waals surface area contributed by atoms with Crippen LogP contribution in [0, 0.1) is 0 Å². The molecule has 2 fully saturated rings. The van der Waals surface area contributed by atoms with Crippen LogP contribution in [-0.4, -0.2) is 58.7 Å². The standard InChI is InChI=1S/C28H28N2O6S2/c31-25(23-7-3-15-37-23)29-13-1-5-21(29)27(33)35-17-19-9-11-20(12-10-19)18-36-28(34)22-6-2-14-30(22)26(32)24-8-4-16-38-24/h3-4,7-12,15-16,21-22H,1-2,5-6,13-14,17-18H2. The number of amides is 2. The zero-order valence-electron chi connectivity index (χ0n) is 20.7. The lowest BCUT2D eigenvalue weighted by Crippen LogP contribution is -2.41. The zero-order valence-corrected chi connectivity index (χ0v) is 22.4. The molecule has 0 radical (unpaired) electrons. The van der Waals surface area contributed by atoms with E-state index in [1.807, 2.05) is 47.2 Å². The Kier molecular flexibility index (Phi) is 8.19. The van der Waals surface area contributed by atoms with Gasteiger partial charge < -0.3 is 19.3 Å². The van der Waals surface area contributed by atoms with Crippen molar-refractivity contribution in [1.82, 2.24) is 9.80 Å². The largest absolute Gasteiger partial charge is 0.459 e. The van der Waals surface area contributed by atoms with Gasteiger partial charge >= 0.3 is 11.9 Å². The van der Waals surface area contributed by atoms with Crippen LogP contribution < -0.4 is 0 Å². The minimum Gasteiger partial charge on any atom is -0.459 e. The number of esters is 2. The molecule has 1 aromatic carbocycles. The van der Waals surface area contributed by atoms with Gasteiger partial charge in [-0.1, -0.05) is 36.4 Å². The monoisotopic (exact) mass is 552 g/mol. The highest BCUT2D eigenvalue weighted by Crippen LogP contribution is 2.25. The summed E-state index contributed by atoms with van der Waals surface area (Å²) >= 11 is 2.73. The molecule has 2 saturated heterocycles. The third kappa shape index (κ3) is 5.81. The molecule has 2 aliphatic heterocycles. The molecule has 8 nitrogen and oxygen atoms in total. The fraction of sp³-hybridized carbons (Fsp3) is 0.357. The van der Waals surface area contributed by atoms with Crippen LogP contribution in [0.25, 0.3) is 0 Å². The number of carbonyl (C=O) groups is 4. The van der Waals surface area contributed by atoms with Crippen LogP contribution in [-0.2, 0) is 32.3 Å². The van der Waals surface area contributed by atoms with Gasteiger partial charge in [-0.2, -0.15) is 0 Å². The molecule has 0 aliphatic carbocycles. The smallest absolute Gasteiger partial charge is 0.329 e. The molecule has 5 rings (SSSR count). The van der Waals surface area contributed by atoms with Crippen LogP contribution in [0.5, 0.6) is 0 Å². The lowest BCUT2D eigenvalue weighted by molar-refractivity contribution is -0.150. The number of ether oxygens (including phenoxy) is 2. The normalized spacial score (nSPS) is 18.9. The van der Waals surface area contributed by atoms with Crippen molar-refractivity contribution >= 4 is 46.4 Å². The minimum atomic E-state index is -0.565. The van der Waals surface area contributed by atoms with E-state index in [2.05, 4.69) is 0 Å². The van der Waals surface area contributed by atoms with Crippen LogP contribution in [0.4, 0.5) is 0 Å². The van der Waals surface area contributed by atoms with Gasteiger partial charge in [-0.05, 0) is 59.7 Å². The van der Waals surface area contributed by atoms with Gasteiger partial charge in [0.05, 0.1) is 9.75 Å². The summed E-state index contributed by atoms with van der Waals surface area (Å²) in [7, 11) is 0. The summed E-state index contributed by atoms with van der Waals surface area (Å²) in [4.78, 5) is 55.3. The summed E-state index contributed by atoms with van der Waals surface area (Å²) in [5, 5.41) is 3.69. The Balaban J connectivity index is 1.09. The zero-order chi connectivity index (χ0) is 26.5. The molecule has 0 saturated carbocycles. The maximum atomic E-state index is 12.7. The van der Waals surface area contributed by atoms with E-state index in [9.17, 15) is 19.2 Å². The van der Waals surface area contributed by atoms with Crippen LogP contribution in [0.2, 0.25) is 0 Å². The molecule has 2 atom stereocenters. The SMILES string of the molecule is O=C(OCc1ccc(COC(=O)C2CCCN2C(=O)c2cccs2)cc1)C1CCCN1C(=O)c1cccs1. The number of hydrogen-bond donors (Lipinski definition) is 0. The van der Waals surface area contributed by atoms with Crippen molar-refractivity contribution in [1.29, 1.82) is 0 Å². The van der Waals surface area contributed by atoms with Crippen molar-refractivity contribution in [2.75, 3.05) is 13.1 Å². The van der Waals surface area contributed by atoms with E-state index in [-0.39, 0.29) is 25.0 Å². The van der Waals surface area contributed by atoms with E-state index in [0.717, 1.165) is 24.0 Å². The lowest BCUT2D eigenvalue weighted by Gasteiger charge is -2.23. The Morgan fingerprint density at radius 3 is 1.47 bits per heavy atom. The second-order valence-electron chi connectivity index (χ2n) is 9.30. The van der Waals surface area contributed by atoms with Crippen molar-refractivity contribution in [3.8, 4) is 0 Å². The molecule has 198 valence electrons. The highest BCUT2D eigenvalue weighted by atomic mass is 32.1. The summed E-state index contributed by atoms with van der Waals surface area (Å²) in [5.41, 5.74) is 1.59. The first kappa shape index (κ1) is 26.1. The first-order valence-corrected chi connectivity index (χ1v) is 14.4. The summed E-state index contributed by atoms with van der Waals surface area (Å²) in [6.45, 7) is 1.28. The van der Waals surface area contributed by atoms with Gasteiger partial charge in [-0.3, -0.25) is 9.59 Å². The van der Waals surface area contributed by atoms with E-state index in [1.54, 1.807) is 21.9 Å². The van der Waals surface area contributed by atoms with Gasteiger partial charge in [0, 0.05) is 13.1 Å². The molecular weight excluding hydrogens is 524 g/mol. The number of hydrogen-bond acceptors (Lipinski definition) is 8. The fourth-order valence-corrected chi connectivity index (χ4v) is 6.18. The average molecular weight is 553 g/mol. The maximum Gasteiger partial charge on any atom is 0.329 e. The Labute approximate surface area is 228 Å². The van der Waals surface area contributed by atoms with E-state index in [4.69, 9.17) is 9.47 Å². The van der Waals surface area contributed by atoms with Crippen molar-refractivity contribution < 1.29 is 28.7 Å². The molecule has 0 spiro atoms. The summed E-state index contributed by atoms with van der Waals surface area (Å²) in [5.74, 6) is -1.06. The summed E-state index contributed by atoms with van der Waals surface area (Å²) in [6, 6.07) is 13.3. The Morgan fingerprint density at radius 2 is 1.11 bits per heavy atom. The highest BCUT2D eigenvalue weighted by Gasteiger charge is 2.37. The Morgan fingerprint density at radius 1 is 0.684 bits per heavy atom. The van der Waals surface area contributed by atoms with E-state index in [1.165, 1.54) is 22.7 Å². The Hall–Kier alpha value is -3.50. The van der Waals surface area contributed by atoms with Gasteiger partial charge in [0.2, 0.25) is 0 Å². The van der Waals surface area contributed by atoms with E-state index < -0.39 is 24.0 Å². The van der Waals surface area contributed by atoms with Crippen LogP contribution in [0.15, 0.2) is 59.3 Å². The molecular formula is C28H28N2O6S2. The summed E-state index contributed by atoms with van der Waals surface area (Å²) < 4.78 is 11.1. The van der Waals surface area contributed by atoms with Crippen LogP contribution in [0.1, 0.15) is 56.2 Å². The average Bonchev–Trinajstić information content (AvgIpc) is 3.77. The third-order valence-electron chi connectivity index (χ3n) is 6.82. The van der Waals surface area contributed by atoms with E-state index in [0.29, 0.717) is 35.7 Å². The Bertz CT molecular complexity index is 1170. The molecule has 2 unspecified atom stereocenters. The third-order valence-corrected chi connectivity index (χ3v) is 8.54. The molecule has 2 amide bonds. The molecule has 4 heterocycles. The van der Waals surface area contributed by atoms with Crippen molar-refractivity contribution in [2.24, 2.45) is 0 Å². The van der Waals surface area contributed by atoms with Gasteiger partial charge in [-0.25, -0.2) is 9.59 Å². The van der Waals surface area contributed by atoms with Gasteiger partial charge in [0.25, 0.3) is 11.8 Å². The highest BCUT2D eigenvalue weighted by molar-refractivity contribution is 7.12. The quantitative estimate of drug-likeness (QED) is 0.382. The summed E-state index contributed by atoms with van der Waals surface area (Å²) in [6.07, 6.45) is 2.73. The maximum absolute atomic E-state index is 12.7. The second kappa shape index (κ2) is 11.9. The topological polar surface area (TPSA) is 93.2 Å². The molecule has 10 heteroatoms. The first-order valence-electron chi connectivity index (χ1n) is 12.6. The molecule has 38 heavy (non-hydrogen) atoms. The van der Waals surface area contributed by atoms with Gasteiger partial charge in [0.1, 0.15) is 25.3 Å². The predicted molar refractivity (Wildman–Crippen MR) is 143 cm³/mol. The molecule has 2 aliphatic rings. The number of carbonyl (C=O) groups excluding carboxylic acids is 4. The second-order valence-corrected chi connectivity index (χ2v) is 11.2. The lowest BCUT2D eigenvalue weighted by atomic mass is 10.1. The van der Waals surface area contributed by atoms with Crippen molar-refractivity contribution in [3.05, 3.63) is 80.2 Å². The minimum absolute atomic E-state index is 0.0955. The predicted octanol–water partition coefficient (Wildman–Crippen LogP) is 4.51. The number of nitrogens with zero attached hydrogens (tertiary/aromatic N) is 2. The van der Waals surface area contributed by atoms with Crippen LogP contribution >= 0.6 is 22.7 Å². The van der Waals surface area contributed by atoms with Gasteiger partial charge in [-0.15, -0.1) is 22.7 Å². The molecule has 0 N–H and O–H groups in total. The number of thiophene rings is 2.